The van der Waals surface area contributed by atoms with Crippen molar-refractivity contribution in [2.45, 2.75) is 32.7 Å². The summed E-state index contributed by atoms with van der Waals surface area (Å²) in [7, 11) is 0. The van der Waals surface area contributed by atoms with Crippen LogP contribution in [0.4, 0.5) is 0 Å². The molecule has 0 saturated carbocycles. The van der Waals surface area contributed by atoms with E-state index in [9.17, 15) is 9.59 Å². The van der Waals surface area contributed by atoms with Crippen molar-refractivity contribution < 1.29 is 14.7 Å². The highest BCUT2D eigenvalue weighted by Gasteiger charge is 2.29. The van der Waals surface area contributed by atoms with Crippen LogP contribution in [0.3, 0.4) is 0 Å². The van der Waals surface area contributed by atoms with Crippen LogP contribution in [0.25, 0.3) is 5.69 Å². The van der Waals surface area contributed by atoms with Gasteiger partial charge in [-0.15, -0.1) is 0 Å². The van der Waals surface area contributed by atoms with Crippen LogP contribution >= 0.6 is 0 Å². The van der Waals surface area contributed by atoms with Crippen molar-refractivity contribution in [3.05, 3.63) is 47.8 Å². The van der Waals surface area contributed by atoms with Gasteiger partial charge in [0.25, 0.3) is 5.91 Å². The number of nitrogens with zero attached hydrogens (tertiary/aromatic N) is 4. The molecule has 7 heteroatoms. The number of para-hydroxylation sites is 1. The van der Waals surface area contributed by atoms with Crippen LogP contribution in [-0.4, -0.2) is 68.8 Å². The Balaban J connectivity index is 1.66. The number of amides is 1. The summed E-state index contributed by atoms with van der Waals surface area (Å²) in [5.74, 6) is -0.811. The second kappa shape index (κ2) is 8.35. The van der Waals surface area contributed by atoms with E-state index in [1.165, 1.54) is 0 Å². The third-order valence-electron chi connectivity index (χ3n) is 5.16. The molecule has 3 rings (SSSR count). The van der Waals surface area contributed by atoms with Gasteiger partial charge in [-0.25, -0.2) is 4.68 Å². The fourth-order valence-corrected chi connectivity index (χ4v) is 3.66. The molecular formula is C20H26N4O3. The standard InChI is InChI=1S/C20H26N4O3/c1-3-22(14-19(25)26)16-9-11-23(12-10-16)20(27)18-13-24(21-15(18)2)17-7-5-4-6-8-17/h4-8,13,16H,3,9-12,14H2,1-2H3,(H,25,26). The molecular weight excluding hydrogens is 344 g/mol. The summed E-state index contributed by atoms with van der Waals surface area (Å²) in [6.07, 6.45) is 3.37. The maximum atomic E-state index is 13.0. The third-order valence-corrected chi connectivity index (χ3v) is 5.16. The van der Waals surface area contributed by atoms with E-state index in [0.717, 1.165) is 18.5 Å². The molecule has 1 aliphatic heterocycles. The summed E-state index contributed by atoms with van der Waals surface area (Å²) in [4.78, 5) is 27.8. The predicted molar refractivity (Wildman–Crippen MR) is 102 cm³/mol. The maximum absolute atomic E-state index is 13.0. The highest BCUT2D eigenvalue weighted by Crippen LogP contribution is 2.20. The second-order valence-electron chi connectivity index (χ2n) is 6.89. The first-order valence-corrected chi connectivity index (χ1v) is 9.36. The summed E-state index contributed by atoms with van der Waals surface area (Å²) in [6.45, 7) is 5.85. The second-order valence-corrected chi connectivity index (χ2v) is 6.89. The zero-order valence-corrected chi connectivity index (χ0v) is 15.8. The lowest BCUT2D eigenvalue weighted by atomic mass is 10.0. The number of carboxylic acid groups (broad SMARTS) is 1. The third kappa shape index (κ3) is 4.36. The van der Waals surface area contributed by atoms with E-state index in [1.807, 2.05) is 54.0 Å². The number of benzene rings is 1. The minimum absolute atomic E-state index is 0.00517. The Labute approximate surface area is 159 Å². The molecule has 0 atom stereocenters. The number of aliphatic carboxylic acids is 1. The summed E-state index contributed by atoms with van der Waals surface area (Å²) in [5.41, 5.74) is 2.26. The van der Waals surface area contributed by atoms with Gasteiger partial charge >= 0.3 is 5.97 Å². The first-order valence-electron chi connectivity index (χ1n) is 9.36. The van der Waals surface area contributed by atoms with Gasteiger partial charge in [-0.3, -0.25) is 14.5 Å². The van der Waals surface area contributed by atoms with Crippen molar-refractivity contribution in [1.82, 2.24) is 19.6 Å². The predicted octanol–water partition coefficient (Wildman–Crippen LogP) is 2.19. The fourth-order valence-electron chi connectivity index (χ4n) is 3.66. The zero-order chi connectivity index (χ0) is 19.4. The Morgan fingerprint density at radius 2 is 1.89 bits per heavy atom. The highest BCUT2D eigenvalue weighted by molar-refractivity contribution is 5.95. The van der Waals surface area contributed by atoms with Crippen LogP contribution in [-0.2, 0) is 4.79 Å². The Morgan fingerprint density at radius 1 is 1.22 bits per heavy atom. The maximum Gasteiger partial charge on any atom is 0.317 e. The van der Waals surface area contributed by atoms with Gasteiger partial charge in [0, 0.05) is 25.3 Å². The normalized spacial score (nSPS) is 15.3. The Bertz CT molecular complexity index is 795. The molecule has 0 bridgehead atoms. The lowest BCUT2D eigenvalue weighted by molar-refractivity contribution is -0.139. The Hall–Kier alpha value is -2.67. The lowest BCUT2D eigenvalue weighted by Crippen LogP contribution is -2.48. The van der Waals surface area contributed by atoms with E-state index in [4.69, 9.17) is 5.11 Å². The molecule has 0 unspecified atom stereocenters. The minimum atomic E-state index is -0.806. The van der Waals surface area contributed by atoms with Crippen molar-refractivity contribution in [2.75, 3.05) is 26.2 Å². The van der Waals surface area contributed by atoms with Gasteiger partial charge in [-0.05, 0) is 38.4 Å². The van der Waals surface area contributed by atoms with Gasteiger partial charge in [-0.1, -0.05) is 25.1 Å². The summed E-state index contributed by atoms with van der Waals surface area (Å²) >= 11 is 0. The zero-order valence-electron chi connectivity index (χ0n) is 15.8. The molecule has 0 radical (unpaired) electrons. The van der Waals surface area contributed by atoms with E-state index in [-0.39, 0.29) is 18.5 Å². The molecule has 1 N–H and O–H groups in total. The molecule has 1 fully saturated rings. The molecule has 0 spiro atoms. The van der Waals surface area contributed by atoms with Crippen LogP contribution in [0.15, 0.2) is 36.5 Å². The number of rotatable bonds is 6. The number of carbonyl (C=O) groups excluding carboxylic acids is 1. The number of carboxylic acids is 1. The molecule has 1 aromatic carbocycles. The molecule has 27 heavy (non-hydrogen) atoms. The SMILES string of the molecule is CCN(CC(=O)O)C1CCN(C(=O)c2cn(-c3ccccc3)nc2C)CC1. The molecule has 1 aromatic heterocycles. The number of carbonyl (C=O) groups is 2. The molecule has 7 nitrogen and oxygen atoms in total. The Morgan fingerprint density at radius 3 is 2.48 bits per heavy atom. The summed E-state index contributed by atoms with van der Waals surface area (Å²) in [5, 5.41) is 13.5. The van der Waals surface area contributed by atoms with Crippen LogP contribution in [0.5, 0.6) is 0 Å². The van der Waals surface area contributed by atoms with Gasteiger partial charge in [-0.2, -0.15) is 5.10 Å². The van der Waals surface area contributed by atoms with E-state index in [1.54, 1.807) is 10.9 Å². The van der Waals surface area contributed by atoms with Crippen molar-refractivity contribution in [3.63, 3.8) is 0 Å². The van der Waals surface area contributed by atoms with Gasteiger partial charge in [0.1, 0.15) is 0 Å². The minimum Gasteiger partial charge on any atom is -0.480 e. The number of likely N-dealkylation sites (tertiary alicyclic amines) is 1. The van der Waals surface area contributed by atoms with Gasteiger partial charge in [0.05, 0.1) is 23.5 Å². The van der Waals surface area contributed by atoms with Crippen molar-refractivity contribution in [1.29, 1.82) is 0 Å². The number of piperidine rings is 1. The first kappa shape index (κ1) is 19.1. The summed E-state index contributed by atoms with van der Waals surface area (Å²) < 4.78 is 1.74. The number of aryl methyl sites for hydroxylation is 1. The van der Waals surface area contributed by atoms with Gasteiger partial charge < -0.3 is 10.0 Å². The van der Waals surface area contributed by atoms with Crippen LogP contribution in [0.1, 0.15) is 35.8 Å². The van der Waals surface area contributed by atoms with Crippen molar-refractivity contribution in [2.24, 2.45) is 0 Å². The van der Waals surface area contributed by atoms with Gasteiger partial charge in [0.2, 0.25) is 0 Å². The van der Waals surface area contributed by atoms with Crippen molar-refractivity contribution >= 4 is 11.9 Å². The molecule has 2 heterocycles. The van der Waals surface area contributed by atoms with E-state index in [2.05, 4.69) is 5.10 Å². The molecule has 0 aliphatic carbocycles. The molecule has 1 amide bonds. The fraction of sp³-hybridized carbons (Fsp3) is 0.450. The van der Waals surface area contributed by atoms with Gasteiger partial charge in [0.15, 0.2) is 0 Å². The quantitative estimate of drug-likeness (QED) is 0.843. The molecule has 2 aromatic rings. The molecule has 1 aliphatic rings. The van der Waals surface area contributed by atoms with Crippen LogP contribution < -0.4 is 0 Å². The number of hydrogen-bond donors (Lipinski definition) is 1. The molecule has 1 saturated heterocycles. The topological polar surface area (TPSA) is 78.7 Å². The number of likely N-dealkylation sites (N-methyl/N-ethyl adjacent to an activating group) is 1. The molecule has 144 valence electrons. The largest absolute Gasteiger partial charge is 0.480 e. The average molecular weight is 370 g/mol. The first-order chi connectivity index (χ1) is 13.0. The van der Waals surface area contributed by atoms with Crippen LogP contribution in [0, 0.1) is 6.92 Å². The number of hydrogen-bond acceptors (Lipinski definition) is 4. The summed E-state index contributed by atoms with van der Waals surface area (Å²) in [6, 6.07) is 9.94. The van der Waals surface area contributed by atoms with E-state index in [0.29, 0.717) is 30.9 Å². The highest BCUT2D eigenvalue weighted by atomic mass is 16.4. The smallest absolute Gasteiger partial charge is 0.317 e. The van der Waals surface area contributed by atoms with E-state index < -0.39 is 5.97 Å². The van der Waals surface area contributed by atoms with Crippen LogP contribution in [0.2, 0.25) is 0 Å². The average Bonchev–Trinajstić information content (AvgIpc) is 3.08. The Kier molecular flexibility index (Phi) is 5.91. The van der Waals surface area contributed by atoms with E-state index >= 15 is 0 Å². The van der Waals surface area contributed by atoms with Crippen molar-refractivity contribution in [3.8, 4) is 5.69 Å². The lowest BCUT2D eigenvalue weighted by Gasteiger charge is -2.37. The number of aromatic nitrogens is 2. The monoisotopic (exact) mass is 370 g/mol.